The first-order valence-electron chi connectivity index (χ1n) is 11.2. The Hall–Kier alpha value is -2.93. The Kier molecular flexibility index (Phi) is 4.18. The highest BCUT2D eigenvalue weighted by atomic mass is 16.5. The number of phenols is 1. The van der Waals surface area contributed by atoms with Crippen molar-refractivity contribution in [3.05, 3.63) is 83.2 Å². The zero-order chi connectivity index (χ0) is 22.1. The van der Waals surface area contributed by atoms with Gasteiger partial charge < -0.3 is 24.8 Å². The van der Waals surface area contributed by atoms with Gasteiger partial charge in [0.05, 0.1) is 30.6 Å². The number of ether oxygens (including phenoxy) is 1. The lowest BCUT2D eigenvalue weighted by atomic mass is 9.53. The van der Waals surface area contributed by atoms with Crippen LogP contribution in [0, 0.1) is 11.1 Å². The molecule has 2 N–H and O–H groups in total. The zero-order valence-corrected chi connectivity index (χ0v) is 17.9. The van der Waals surface area contributed by atoms with Crippen LogP contribution in [-0.2, 0) is 11.8 Å². The molecule has 1 aromatic heterocycles. The van der Waals surface area contributed by atoms with Gasteiger partial charge in [-0.3, -0.25) is 4.98 Å². The maximum atomic E-state index is 12.9. The molecule has 32 heavy (non-hydrogen) atoms. The third-order valence-corrected chi connectivity index (χ3v) is 7.89. The molecule has 3 aromatic rings. The van der Waals surface area contributed by atoms with Crippen molar-refractivity contribution in [3.8, 4) is 11.5 Å². The van der Waals surface area contributed by atoms with Crippen LogP contribution in [0.4, 0.5) is 0 Å². The first-order chi connectivity index (χ1) is 15.4. The van der Waals surface area contributed by atoms with Gasteiger partial charge in [-0.1, -0.05) is 42.5 Å². The monoisotopic (exact) mass is 430 g/mol. The number of rotatable bonds is 0. The standard InChI is InChI=1S/C17H19NO4.C9H7N/c1-18(21)7-6-17-10-3-5-13(20)16(17)22-15-12(19)4-2-9(14(15)17)8-11(10)18;1-2-6-9-8(4-1)5-3-7-10-9/h2-5,10-11,13,16,19-20H,6-8H2,1H3;1-7H/t10-,11+,13-,16-,17-,18?;/m0./s1. The molecule has 7 rings (SSSR count). The number of hydroxylamine groups is 3. The third kappa shape index (κ3) is 2.60. The van der Waals surface area contributed by atoms with Crippen LogP contribution in [0.3, 0.4) is 0 Å². The van der Waals surface area contributed by atoms with Gasteiger partial charge in [0.25, 0.3) is 0 Å². The van der Waals surface area contributed by atoms with Gasteiger partial charge in [0.1, 0.15) is 12.2 Å². The summed E-state index contributed by atoms with van der Waals surface area (Å²) in [5.41, 5.74) is 2.84. The molecular weight excluding hydrogens is 404 g/mol. The van der Waals surface area contributed by atoms with Crippen LogP contribution in [-0.4, -0.2) is 51.7 Å². The van der Waals surface area contributed by atoms with Crippen molar-refractivity contribution in [2.75, 3.05) is 13.6 Å². The second-order valence-corrected chi connectivity index (χ2v) is 9.54. The Morgan fingerprint density at radius 1 is 1.12 bits per heavy atom. The lowest BCUT2D eigenvalue weighted by Crippen LogP contribution is -2.69. The van der Waals surface area contributed by atoms with E-state index in [0.29, 0.717) is 25.1 Å². The topological polar surface area (TPSA) is 85.6 Å². The number of aromatic hydroxyl groups is 1. The second-order valence-electron chi connectivity index (χ2n) is 9.54. The van der Waals surface area contributed by atoms with E-state index in [9.17, 15) is 15.4 Å². The Labute approximate surface area is 186 Å². The molecular formula is C26H26N2O4. The molecule has 1 unspecified atom stereocenters. The van der Waals surface area contributed by atoms with Gasteiger partial charge >= 0.3 is 0 Å². The van der Waals surface area contributed by atoms with Crippen molar-refractivity contribution in [1.82, 2.24) is 4.98 Å². The predicted molar refractivity (Wildman–Crippen MR) is 121 cm³/mol. The summed E-state index contributed by atoms with van der Waals surface area (Å²) >= 11 is 0. The summed E-state index contributed by atoms with van der Waals surface area (Å²) in [5, 5.41) is 34.8. The molecule has 2 aromatic carbocycles. The number of likely N-dealkylation sites (N-methyl/N-ethyl adjacent to an activating group) is 1. The fraction of sp³-hybridized carbons (Fsp3) is 0.346. The SMILES string of the molecule is C[N+]1([O-])CC[C@]23c4c5ccc(O)c4O[C@H]2[C@@H](O)C=C[C@H]3[C@H]1C5.c1ccc2ncccc2c1. The Morgan fingerprint density at radius 2 is 1.94 bits per heavy atom. The molecule has 6 atom stereocenters. The molecule has 4 aliphatic rings. The van der Waals surface area contributed by atoms with E-state index in [-0.39, 0.29) is 27.8 Å². The summed E-state index contributed by atoms with van der Waals surface area (Å²) in [6, 6.07) is 15.6. The van der Waals surface area contributed by atoms with Crippen LogP contribution in [0.15, 0.2) is 66.9 Å². The molecule has 0 amide bonds. The van der Waals surface area contributed by atoms with E-state index in [1.165, 1.54) is 5.39 Å². The average Bonchev–Trinajstić information content (AvgIpc) is 3.16. The molecule has 164 valence electrons. The number of fused-ring (bicyclic) bond motifs is 1. The Bertz CT molecular complexity index is 1170. The second kappa shape index (κ2) is 6.78. The molecule has 3 heterocycles. The smallest absolute Gasteiger partial charge is 0.165 e. The van der Waals surface area contributed by atoms with E-state index in [0.717, 1.165) is 16.6 Å². The van der Waals surface area contributed by atoms with Crippen molar-refractivity contribution < 1.29 is 19.6 Å². The molecule has 1 saturated heterocycles. The van der Waals surface area contributed by atoms with Crippen molar-refractivity contribution in [3.63, 3.8) is 0 Å². The van der Waals surface area contributed by atoms with Gasteiger partial charge in [-0.05, 0) is 23.8 Å². The van der Waals surface area contributed by atoms with Crippen molar-refractivity contribution in [2.45, 2.75) is 36.5 Å². The van der Waals surface area contributed by atoms with E-state index >= 15 is 0 Å². The van der Waals surface area contributed by atoms with Crippen molar-refractivity contribution in [1.29, 1.82) is 0 Å². The van der Waals surface area contributed by atoms with Crippen molar-refractivity contribution in [2.24, 2.45) is 5.92 Å². The van der Waals surface area contributed by atoms with Crippen LogP contribution < -0.4 is 4.74 Å². The van der Waals surface area contributed by atoms with E-state index in [1.807, 2.05) is 42.6 Å². The minimum atomic E-state index is -0.696. The van der Waals surface area contributed by atoms with Crippen LogP contribution in [0.5, 0.6) is 11.5 Å². The van der Waals surface area contributed by atoms with Crippen LogP contribution >= 0.6 is 0 Å². The number of para-hydroxylation sites is 1. The van der Waals surface area contributed by atoms with Gasteiger partial charge in [0.2, 0.25) is 0 Å². The Morgan fingerprint density at radius 3 is 2.78 bits per heavy atom. The first-order valence-corrected chi connectivity index (χ1v) is 11.2. The molecule has 2 aliphatic carbocycles. The molecule has 1 fully saturated rings. The predicted octanol–water partition coefficient (Wildman–Crippen LogP) is 3.45. The van der Waals surface area contributed by atoms with Crippen LogP contribution in [0.1, 0.15) is 17.5 Å². The highest BCUT2D eigenvalue weighted by Gasteiger charge is 2.66. The number of aliphatic hydroxyl groups is 1. The molecule has 0 radical (unpaired) electrons. The lowest BCUT2D eigenvalue weighted by Gasteiger charge is -2.61. The lowest BCUT2D eigenvalue weighted by molar-refractivity contribution is -0.898. The molecule has 2 bridgehead atoms. The fourth-order valence-electron chi connectivity index (χ4n) is 6.40. The van der Waals surface area contributed by atoms with Gasteiger partial charge in [0.15, 0.2) is 11.5 Å². The summed E-state index contributed by atoms with van der Waals surface area (Å²) in [4.78, 5) is 4.18. The average molecular weight is 431 g/mol. The quantitative estimate of drug-likeness (QED) is 0.324. The summed E-state index contributed by atoms with van der Waals surface area (Å²) in [7, 11) is 1.76. The number of hydrogen-bond donors (Lipinski definition) is 2. The number of phenolic OH excluding ortho intramolecular Hbond substituents is 1. The van der Waals surface area contributed by atoms with Crippen molar-refractivity contribution >= 4 is 10.9 Å². The van der Waals surface area contributed by atoms with E-state index in [2.05, 4.69) is 17.1 Å². The highest BCUT2D eigenvalue weighted by Crippen LogP contribution is 2.63. The number of likely N-dealkylation sites (tertiary alicyclic amines) is 1. The maximum absolute atomic E-state index is 12.9. The molecule has 1 spiro atoms. The minimum Gasteiger partial charge on any atom is -0.633 e. The number of aliphatic hydroxyl groups excluding tert-OH is 1. The van der Waals surface area contributed by atoms with Gasteiger partial charge in [-0.2, -0.15) is 0 Å². The minimum absolute atomic E-state index is 0.0495. The zero-order valence-electron chi connectivity index (χ0n) is 17.9. The maximum Gasteiger partial charge on any atom is 0.165 e. The molecule has 0 saturated carbocycles. The number of aromatic nitrogens is 1. The number of quaternary nitrogens is 1. The summed E-state index contributed by atoms with van der Waals surface area (Å²) in [6.07, 6.45) is 5.88. The normalized spacial score (nSPS) is 35.5. The van der Waals surface area contributed by atoms with E-state index in [1.54, 1.807) is 19.2 Å². The first kappa shape index (κ1) is 19.7. The third-order valence-electron chi connectivity index (χ3n) is 7.89. The summed E-state index contributed by atoms with van der Waals surface area (Å²) in [5.74, 6) is 0.722. The molecule has 2 aliphatic heterocycles. The van der Waals surface area contributed by atoms with E-state index < -0.39 is 12.2 Å². The van der Waals surface area contributed by atoms with E-state index in [4.69, 9.17) is 4.74 Å². The van der Waals surface area contributed by atoms with Crippen LogP contribution in [0.2, 0.25) is 0 Å². The van der Waals surface area contributed by atoms with Gasteiger partial charge in [-0.25, -0.2) is 0 Å². The highest BCUT2D eigenvalue weighted by molar-refractivity contribution is 5.77. The van der Waals surface area contributed by atoms with Gasteiger partial charge in [-0.15, -0.1) is 0 Å². The molecule has 6 nitrogen and oxygen atoms in total. The largest absolute Gasteiger partial charge is 0.633 e. The number of pyridine rings is 1. The number of benzene rings is 2. The number of piperidine rings is 1. The fourth-order valence-corrected chi connectivity index (χ4v) is 6.40. The summed E-state index contributed by atoms with van der Waals surface area (Å²) < 4.78 is 5.79. The number of nitrogens with zero attached hydrogens (tertiary/aromatic N) is 2. The number of hydrogen-bond acceptors (Lipinski definition) is 5. The van der Waals surface area contributed by atoms with Gasteiger partial charge in [0, 0.05) is 35.9 Å². The summed E-state index contributed by atoms with van der Waals surface area (Å²) in [6.45, 7) is 0.524. The Balaban J connectivity index is 0.000000164. The van der Waals surface area contributed by atoms with Crippen LogP contribution in [0.25, 0.3) is 10.9 Å². The molecule has 6 heteroatoms.